The fourth-order valence-corrected chi connectivity index (χ4v) is 1.78. The van der Waals surface area contributed by atoms with Crippen LogP contribution in [0.25, 0.3) is 0 Å². The average Bonchev–Trinajstić information content (AvgIpc) is 2.17. The maximum absolute atomic E-state index is 12.2. The Morgan fingerprint density at radius 2 is 1.69 bits per heavy atom. The van der Waals surface area contributed by atoms with Gasteiger partial charge in [-0.05, 0) is 27.7 Å². The van der Waals surface area contributed by atoms with E-state index in [9.17, 15) is 10.4 Å². The van der Waals surface area contributed by atoms with Gasteiger partial charge < -0.3 is 9.69 Å². The molecule has 16 heavy (non-hydrogen) atoms. The lowest BCUT2D eigenvalue weighted by atomic mass is 9.84. The highest BCUT2D eigenvalue weighted by Gasteiger charge is 2.60. The van der Waals surface area contributed by atoms with Crippen LogP contribution >= 0.6 is 0 Å². The third-order valence-electron chi connectivity index (χ3n) is 3.60. The van der Waals surface area contributed by atoms with Gasteiger partial charge in [-0.15, -0.1) is 0 Å². The van der Waals surface area contributed by atoms with Gasteiger partial charge in [-0.2, -0.15) is 0 Å². The molecule has 0 aromatic rings. The summed E-state index contributed by atoms with van der Waals surface area (Å²) in [6.45, 7) is 7.70. The molecule has 0 bridgehead atoms. The van der Waals surface area contributed by atoms with Gasteiger partial charge in [0.1, 0.15) is 5.54 Å². The van der Waals surface area contributed by atoms with E-state index in [1.807, 2.05) is 48.8 Å². The highest BCUT2D eigenvalue weighted by atomic mass is 16.5. The number of quaternary nitrogens is 1. The molecule has 1 rings (SSSR count). The summed E-state index contributed by atoms with van der Waals surface area (Å²) in [5, 5.41) is 25.2. The quantitative estimate of drug-likeness (QED) is 0.400. The van der Waals surface area contributed by atoms with Crippen molar-refractivity contribution < 1.29 is 14.4 Å². The number of hydroxylamine groups is 3. The predicted octanol–water partition coefficient (Wildman–Crippen LogP) is 0.820. The number of likely N-dealkylation sites (N-methyl/N-ethyl adjacent to an activating group) is 1. The van der Waals surface area contributed by atoms with E-state index in [1.54, 1.807) is 0 Å². The van der Waals surface area contributed by atoms with Gasteiger partial charge >= 0.3 is 5.84 Å². The number of hydrogen-bond acceptors (Lipinski definition) is 2. The highest BCUT2D eigenvalue weighted by molar-refractivity contribution is 5.80. The van der Waals surface area contributed by atoms with Crippen molar-refractivity contribution >= 4 is 5.84 Å². The lowest BCUT2D eigenvalue weighted by molar-refractivity contribution is -0.863. The van der Waals surface area contributed by atoms with Crippen LogP contribution in [0, 0.1) is 5.21 Å². The lowest BCUT2D eigenvalue weighted by Crippen LogP contribution is -2.54. The Morgan fingerprint density at radius 1 is 1.25 bits per heavy atom. The fraction of sp³-hybridized carbons (Fsp3) is 0.909. The lowest BCUT2D eigenvalue weighted by Gasteiger charge is -2.32. The third-order valence-corrected chi connectivity index (χ3v) is 3.60. The van der Waals surface area contributed by atoms with Gasteiger partial charge in [0, 0.05) is 5.21 Å². The van der Waals surface area contributed by atoms with Crippen molar-refractivity contribution in [2.24, 2.45) is 0 Å². The van der Waals surface area contributed by atoms with E-state index in [0.29, 0.717) is 16.9 Å². The Bertz CT molecular complexity index is 327. The zero-order valence-electron chi connectivity index (χ0n) is 11.4. The molecule has 1 aliphatic heterocycles. The Morgan fingerprint density at radius 3 is 1.94 bits per heavy atom. The summed E-state index contributed by atoms with van der Waals surface area (Å²) in [4.78, 5) is 0. The van der Waals surface area contributed by atoms with Crippen molar-refractivity contribution in [2.75, 3.05) is 27.7 Å². The van der Waals surface area contributed by atoms with Gasteiger partial charge in [0.2, 0.25) is 0 Å². The number of rotatable bonds is 2. The zero-order valence-corrected chi connectivity index (χ0v) is 11.4. The molecule has 5 nitrogen and oxygen atoms in total. The standard InChI is InChI=1S/C11H23N3O2/c1-10(2)11(3,4)13(16)9(12(10)15)8-14(5,6)7/h8H2,1-7H3/q+1. The maximum atomic E-state index is 12.2. The molecule has 0 fully saturated rings. The van der Waals surface area contributed by atoms with Crippen LogP contribution in [0.5, 0.6) is 0 Å². The van der Waals surface area contributed by atoms with Crippen LogP contribution in [0.2, 0.25) is 0 Å². The number of hydrogen-bond donors (Lipinski definition) is 0. The molecule has 0 unspecified atom stereocenters. The second kappa shape index (κ2) is 3.34. The summed E-state index contributed by atoms with van der Waals surface area (Å²) in [5.41, 5.74) is -1.39. The molecule has 0 aromatic carbocycles. The van der Waals surface area contributed by atoms with E-state index in [2.05, 4.69) is 0 Å². The first-order valence-corrected chi connectivity index (χ1v) is 5.52. The van der Waals surface area contributed by atoms with Crippen LogP contribution in [0.1, 0.15) is 27.7 Å². The molecule has 1 radical (unpaired) electrons. The molecule has 1 heterocycles. The maximum Gasteiger partial charge on any atom is 0.340 e. The van der Waals surface area contributed by atoms with Crippen molar-refractivity contribution in [1.29, 1.82) is 0 Å². The molecular formula is C11H23N3O2+. The average molecular weight is 229 g/mol. The Hall–Kier alpha value is -0.810. The molecule has 0 aromatic heterocycles. The first kappa shape index (κ1) is 13.3. The summed E-state index contributed by atoms with van der Waals surface area (Å²) in [5.74, 6) is 0.322. The number of amidine groups is 1. The minimum atomic E-state index is -0.695. The summed E-state index contributed by atoms with van der Waals surface area (Å²) in [6.07, 6.45) is 0. The van der Waals surface area contributed by atoms with Crippen LogP contribution in [0.3, 0.4) is 0 Å². The molecule has 0 saturated heterocycles. The van der Waals surface area contributed by atoms with E-state index >= 15 is 0 Å². The molecule has 0 spiro atoms. The topological polar surface area (TPSA) is 49.2 Å². The Balaban J connectivity index is 3.15. The number of nitrogens with zero attached hydrogens (tertiary/aromatic N) is 3. The van der Waals surface area contributed by atoms with Crippen molar-refractivity contribution in [3.8, 4) is 0 Å². The molecule has 0 aliphatic carbocycles. The van der Waals surface area contributed by atoms with E-state index in [0.717, 1.165) is 9.80 Å². The molecule has 0 N–H and O–H groups in total. The molecule has 0 amide bonds. The van der Waals surface area contributed by atoms with Crippen molar-refractivity contribution in [3.05, 3.63) is 5.21 Å². The first-order valence-electron chi connectivity index (χ1n) is 5.52. The summed E-state index contributed by atoms with van der Waals surface area (Å²) in [6, 6.07) is 0. The molecular weight excluding hydrogens is 206 g/mol. The largest absolute Gasteiger partial charge is 0.715 e. The predicted molar refractivity (Wildman–Crippen MR) is 62.2 cm³/mol. The normalized spacial score (nSPS) is 24.1. The fourth-order valence-electron chi connectivity index (χ4n) is 1.78. The second-order valence-corrected chi connectivity index (χ2v) is 6.57. The summed E-state index contributed by atoms with van der Waals surface area (Å²) >= 11 is 0. The zero-order chi connectivity index (χ0) is 12.9. The van der Waals surface area contributed by atoms with Gasteiger partial charge in [0.05, 0.1) is 21.1 Å². The van der Waals surface area contributed by atoms with Crippen LogP contribution < -0.4 is 0 Å². The van der Waals surface area contributed by atoms with Gasteiger partial charge in [-0.1, -0.05) is 5.06 Å². The van der Waals surface area contributed by atoms with E-state index < -0.39 is 11.1 Å². The van der Waals surface area contributed by atoms with Crippen molar-refractivity contribution in [1.82, 2.24) is 5.06 Å². The monoisotopic (exact) mass is 229 g/mol. The van der Waals surface area contributed by atoms with Gasteiger partial charge in [-0.3, -0.25) is 4.74 Å². The summed E-state index contributed by atoms with van der Waals surface area (Å²) in [7, 11) is 5.90. The van der Waals surface area contributed by atoms with Crippen molar-refractivity contribution in [3.63, 3.8) is 0 Å². The van der Waals surface area contributed by atoms with Gasteiger partial charge in [0.15, 0.2) is 12.1 Å². The van der Waals surface area contributed by atoms with Crippen LogP contribution in [-0.2, 0) is 5.21 Å². The molecule has 93 valence electrons. The third kappa shape index (κ3) is 1.78. The molecule has 0 atom stereocenters. The molecule has 0 saturated carbocycles. The van der Waals surface area contributed by atoms with Gasteiger partial charge in [0.25, 0.3) is 0 Å². The highest BCUT2D eigenvalue weighted by Crippen LogP contribution is 2.35. The smallest absolute Gasteiger partial charge is 0.340 e. The van der Waals surface area contributed by atoms with Crippen LogP contribution in [0.15, 0.2) is 0 Å². The van der Waals surface area contributed by atoms with Gasteiger partial charge in [-0.25, -0.2) is 0 Å². The molecule has 1 aliphatic rings. The minimum absolute atomic E-state index is 0.322. The van der Waals surface area contributed by atoms with E-state index in [1.165, 1.54) is 0 Å². The first-order chi connectivity index (χ1) is 6.91. The second-order valence-electron chi connectivity index (χ2n) is 6.57. The molecule has 5 heteroatoms. The Labute approximate surface area is 97.7 Å². The SMILES string of the molecule is CC1(C)N([O])C(C[N+](C)(C)C)=[N+]([O-])C1(C)C. The van der Waals surface area contributed by atoms with Crippen LogP contribution in [0.4, 0.5) is 0 Å². The van der Waals surface area contributed by atoms with E-state index in [-0.39, 0.29) is 0 Å². The minimum Gasteiger partial charge on any atom is -0.715 e. The van der Waals surface area contributed by atoms with Crippen molar-refractivity contribution in [2.45, 2.75) is 38.8 Å². The summed E-state index contributed by atoms with van der Waals surface area (Å²) < 4.78 is 1.45. The van der Waals surface area contributed by atoms with Crippen LogP contribution in [-0.4, -0.2) is 58.9 Å². The Kier molecular flexibility index (Phi) is 2.77. The van der Waals surface area contributed by atoms with E-state index in [4.69, 9.17) is 0 Å².